The van der Waals surface area contributed by atoms with Crippen LogP contribution in [0.3, 0.4) is 0 Å². The van der Waals surface area contributed by atoms with E-state index < -0.39 is 0 Å². The van der Waals surface area contributed by atoms with Gasteiger partial charge in [0.15, 0.2) is 0 Å². The van der Waals surface area contributed by atoms with Gasteiger partial charge >= 0.3 is 0 Å². The fourth-order valence-corrected chi connectivity index (χ4v) is 1.81. The molecule has 0 aliphatic carbocycles. The van der Waals surface area contributed by atoms with Gasteiger partial charge in [-0.25, -0.2) is 15.0 Å². The summed E-state index contributed by atoms with van der Waals surface area (Å²) in [5, 5.41) is 5.75. The number of carbonyl (C=O) groups is 1. The molecule has 0 saturated carbocycles. The van der Waals surface area contributed by atoms with Crippen molar-refractivity contribution in [3.05, 3.63) is 41.3 Å². The predicted molar refractivity (Wildman–Crippen MR) is 77.9 cm³/mol. The summed E-state index contributed by atoms with van der Waals surface area (Å²) >= 11 is 0. The largest absolute Gasteiger partial charge is 0.370 e. The van der Waals surface area contributed by atoms with Gasteiger partial charge in [-0.15, -0.1) is 0 Å². The normalized spacial score (nSPS) is 10.2. The van der Waals surface area contributed by atoms with Crippen LogP contribution in [0.4, 0.5) is 11.8 Å². The summed E-state index contributed by atoms with van der Waals surface area (Å²) in [6.45, 7) is 6.44. The van der Waals surface area contributed by atoms with Gasteiger partial charge < -0.3 is 5.32 Å². The van der Waals surface area contributed by atoms with Crippen LogP contribution in [-0.2, 0) is 0 Å². The minimum atomic E-state index is -0.253. The number of aryl methyl sites for hydroxylation is 2. The fourth-order valence-electron chi connectivity index (χ4n) is 1.81. The van der Waals surface area contributed by atoms with Gasteiger partial charge in [0.1, 0.15) is 5.82 Å². The summed E-state index contributed by atoms with van der Waals surface area (Å²) in [5.74, 6) is 0.729. The molecule has 1 amide bonds. The van der Waals surface area contributed by atoms with Gasteiger partial charge in [0, 0.05) is 29.7 Å². The van der Waals surface area contributed by atoms with E-state index in [1.165, 1.54) is 0 Å². The average molecular weight is 271 g/mol. The molecule has 0 aliphatic heterocycles. The lowest BCUT2D eigenvalue weighted by atomic mass is 10.2. The monoisotopic (exact) mass is 271 g/mol. The van der Waals surface area contributed by atoms with Crippen molar-refractivity contribution in [2.24, 2.45) is 0 Å². The van der Waals surface area contributed by atoms with Crippen LogP contribution in [0.5, 0.6) is 0 Å². The smallest absolute Gasteiger partial charge is 0.258 e. The molecule has 0 bridgehead atoms. The minimum Gasteiger partial charge on any atom is -0.370 e. The first kappa shape index (κ1) is 13.9. The molecule has 2 aromatic heterocycles. The van der Waals surface area contributed by atoms with E-state index in [-0.39, 0.29) is 5.91 Å². The summed E-state index contributed by atoms with van der Waals surface area (Å²) in [6.07, 6.45) is 1.59. The van der Waals surface area contributed by atoms with Crippen LogP contribution in [0.25, 0.3) is 0 Å². The third-order valence-electron chi connectivity index (χ3n) is 2.59. The number of hydrogen-bond acceptors (Lipinski definition) is 5. The zero-order valence-electron chi connectivity index (χ0n) is 11.8. The standard InChI is InChI=1S/C14H17N5O/c1-4-15-12-8-11(5-6-16-12)13(20)19-14-17-9(2)7-10(3)18-14/h5-8H,4H2,1-3H3,(H,15,16)(H,17,18,19,20). The second-order valence-corrected chi connectivity index (χ2v) is 4.39. The van der Waals surface area contributed by atoms with Gasteiger partial charge in [0.2, 0.25) is 5.95 Å². The summed E-state index contributed by atoms with van der Waals surface area (Å²) in [7, 11) is 0. The van der Waals surface area contributed by atoms with Crippen molar-refractivity contribution >= 4 is 17.7 Å². The van der Waals surface area contributed by atoms with Crippen molar-refractivity contribution in [3.8, 4) is 0 Å². The number of anilines is 2. The predicted octanol–water partition coefficient (Wildman–Crippen LogP) is 2.17. The van der Waals surface area contributed by atoms with Crippen LogP contribution < -0.4 is 10.6 Å². The van der Waals surface area contributed by atoms with Crippen LogP contribution in [0.2, 0.25) is 0 Å². The molecule has 104 valence electrons. The van der Waals surface area contributed by atoms with Crippen LogP contribution in [0.1, 0.15) is 28.7 Å². The molecule has 2 heterocycles. The van der Waals surface area contributed by atoms with E-state index in [4.69, 9.17) is 0 Å². The number of nitrogens with one attached hydrogen (secondary N) is 2. The number of nitrogens with zero attached hydrogens (tertiary/aromatic N) is 3. The Morgan fingerprint density at radius 2 is 1.90 bits per heavy atom. The van der Waals surface area contributed by atoms with Crippen molar-refractivity contribution in [2.45, 2.75) is 20.8 Å². The first-order chi connectivity index (χ1) is 9.58. The first-order valence-corrected chi connectivity index (χ1v) is 6.42. The summed E-state index contributed by atoms with van der Waals surface area (Å²) < 4.78 is 0. The average Bonchev–Trinajstić information content (AvgIpc) is 2.38. The highest BCUT2D eigenvalue weighted by Crippen LogP contribution is 2.10. The topological polar surface area (TPSA) is 79.8 Å². The molecule has 0 spiro atoms. The van der Waals surface area contributed by atoms with Crippen molar-refractivity contribution in [1.82, 2.24) is 15.0 Å². The lowest BCUT2D eigenvalue weighted by Gasteiger charge is -2.07. The van der Waals surface area contributed by atoms with Crippen molar-refractivity contribution in [1.29, 1.82) is 0 Å². The lowest BCUT2D eigenvalue weighted by molar-refractivity contribution is 0.102. The Bertz CT molecular complexity index is 606. The number of hydrogen-bond donors (Lipinski definition) is 2. The van der Waals surface area contributed by atoms with Gasteiger partial charge in [-0.3, -0.25) is 10.1 Å². The molecule has 6 heteroatoms. The van der Waals surface area contributed by atoms with E-state index in [1.54, 1.807) is 18.3 Å². The Labute approximate surface area is 117 Å². The number of carbonyl (C=O) groups excluding carboxylic acids is 1. The molecule has 0 saturated heterocycles. The van der Waals surface area contributed by atoms with E-state index in [0.29, 0.717) is 17.3 Å². The van der Waals surface area contributed by atoms with Gasteiger partial charge in [-0.05, 0) is 39.0 Å². The Morgan fingerprint density at radius 3 is 2.55 bits per heavy atom. The van der Waals surface area contributed by atoms with Crippen LogP contribution in [0, 0.1) is 13.8 Å². The Hall–Kier alpha value is -2.50. The molecule has 0 aliphatic rings. The van der Waals surface area contributed by atoms with Gasteiger partial charge in [0.05, 0.1) is 0 Å². The summed E-state index contributed by atoms with van der Waals surface area (Å²) in [4.78, 5) is 24.6. The number of aromatic nitrogens is 3. The molecular weight excluding hydrogens is 254 g/mol. The molecule has 0 atom stereocenters. The second-order valence-electron chi connectivity index (χ2n) is 4.39. The van der Waals surface area contributed by atoms with Crippen molar-refractivity contribution < 1.29 is 4.79 Å². The van der Waals surface area contributed by atoms with E-state index in [0.717, 1.165) is 17.9 Å². The Morgan fingerprint density at radius 1 is 1.20 bits per heavy atom. The highest BCUT2D eigenvalue weighted by atomic mass is 16.1. The lowest BCUT2D eigenvalue weighted by Crippen LogP contribution is -2.15. The molecule has 0 fully saturated rings. The zero-order chi connectivity index (χ0) is 14.5. The fraction of sp³-hybridized carbons (Fsp3) is 0.286. The minimum absolute atomic E-state index is 0.253. The van der Waals surface area contributed by atoms with Gasteiger partial charge in [-0.1, -0.05) is 0 Å². The first-order valence-electron chi connectivity index (χ1n) is 6.42. The number of pyridine rings is 1. The van der Waals surface area contributed by atoms with E-state index in [9.17, 15) is 4.79 Å². The highest BCUT2D eigenvalue weighted by Gasteiger charge is 2.09. The third-order valence-corrected chi connectivity index (χ3v) is 2.59. The Balaban J connectivity index is 2.17. The highest BCUT2D eigenvalue weighted by molar-refractivity contribution is 6.03. The van der Waals surface area contributed by atoms with Crippen LogP contribution >= 0.6 is 0 Å². The van der Waals surface area contributed by atoms with E-state index in [2.05, 4.69) is 25.6 Å². The van der Waals surface area contributed by atoms with Gasteiger partial charge in [0.25, 0.3) is 5.91 Å². The second kappa shape index (κ2) is 6.10. The SMILES string of the molecule is CCNc1cc(C(=O)Nc2nc(C)cc(C)n2)ccn1. The molecule has 0 radical (unpaired) electrons. The van der Waals surface area contributed by atoms with Gasteiger partial charge in [-0.2, -0.15) is 0 Å². The van der Waals surface area contributed by atoms with Crippen LogP contribution in [-0.4, -0.2) is 27.4 Å². The molecule has 0 unspecified atom stereocenters. The Kier molecular flexibility index (Phi) is 4.24. The molecular formula is C14H17N5O. The molecule has 0 aromatic carbocycles. The van der Waals surface area contributed by atoms with Crippen molar-refractivity contribution in [2.75, 3.05) is 17.2 Å². The summed E-state index contributed by atoms with van der Waals surface area (Å²) in [5.41, 5.74) is 2.14. The zero-order valence-corrected chi connectivity index (χ0v) is 11.8. The van der Waals surface area contributed by atoms with Crippen LogP contribution in [0.15, 0.2) is 24.4 Å². The third kappa shape index (κ3) is 3.50. The van der Waals surface area contributed by atoms with E-state index >= 15 is 0 Å². The molecule has 6 nitrogen and oxygen atoms in total. The molecule has 2 aromatic rings. The van der Waals surface area contributed by atoms with E-state index in [1.807, 2.05) is 26.8 Å². The maximum Gasteiger partial charge on any atom is 0.258 e. The molecule has 20 heavy (non-hydrogen) atoms. The number of amides is 1. The maximum absolute atomic E-state index is 12.1. The maximum atomic E-state index is 12.1. The number of rotatable bonds is 4. The summed E-state index contributed by atoms with van der Waals surface area (Å²) in [6, 6.07) is 5.20. The molecule has 2 N–H and O–H groups in total. The van der Waals surface area contributed by atoms with Crippen molar-refractivity contribution in [3.63, 3.8) is 0 Å². The molecule has 2 rings (SSSR count). The quantitative estimate of drug-likeness (QED) is 0.890.